The van der Waals surface area contributed by atoms with Gasteiger partial charge >= 0.3 is 0 Å². The normalized spacial score (nSPS) is 10.3. The van der Waals surface area contributed by atoms with Crippen LogP contribution in [0.4, 0.5) is 11.4 Å². The van der Waals surface area contributed by atoms with Crippen LogP contribution in [0.5, 0.6) is 5.75 Å². The van der Waals surface area contributed by atoms with Crippen molar-refractivity contribution in [3.8, 4) is 11.4 Å². The van der Waals surface area contributed by atoms with Crippen molar-refractivity contribution in [3.05, 3.63) is 76.9 Å². The van der Waals surface area contributed by atoms with E-state index in [9.17, 15) is 19.7 Å². The number of para-hydroxylation sites is 2. The first-order chi connectivity index (χ1) is 14.0. The molecule has 2 amide bonds. The number of anilines is 1. The minimum absolute atomic E-state index is 0.0319. The van der Waals surface area contributed by atoms with Gasteiger partial charge in [-0.05, 0) is 24.3 Å². The van der Waals surface area contributed by atoms with Crippen molar-refractivity contribution in [3.63, 3.8) is 0 Å². The molecular weight excluding hydrogens is 378 g/mol. The van der Waals surface area contributed by atoms with Crippen molar-refractivity contribution in [1.29, 1.82) is 0 Å². The molecule has 0 aliphatic heterocycles. The van der Waals surface area contributed by atoms with Crippen LogP contribution in [-0.4, -0.2) is 32.9 Å². The smallest absolute Gasteiger partial charge is 0.294 e. The van der Waals surface area contributed by atoms with Crippen molar-refractivity contribution in [2.75, 3.05) is 11.9 Å². The molecule has 1 aromatic heterocycles. The molecule has 0 bridgehead atoms. The summed E-state index contributed by atoms with van der Waals surface area (Å²) in [6, 6.07) is 10.8. The molecule has 2 aromatic carbocycles. The monoisotopic (exact) mass is 395 g/mol. The quantitative estimate of drug-likeness (QED) is 0.442. The predicted molar refractivity (Wildman–Crippen MR) is 104 cm³/mol. The first-order valence-corrected chi connectivity index (χ1v) is 8.54. The molecule has 0 fully saturated rings. The van der Waals surface area contributed by atoms with E-state index in [1.54, 1.807) is 30.5 Å². The third-order valence-corrected chi connectivity index (χ3v) is 3.96. The highest BCUT2D eigenvalue weighted by Gasteiger charge is 2.19. The summed E-state index contributed by atoms with van der Waals surface area (Å²) in [6.45, 7) is 0.0628. The van der Waals surface area contributed by atoms with Gasteiger partial charge in [-0.15, -0.1) is 0 Å². The number of nitrogens with one attached hydrogen (secondary N) is 1. The van der Waals surface area contributed by atoms with Gasteiger partial charge in [0.25, 0.3) is 11.6 Å². The number of aromatic nitrogens is 2. The van der Waals surface area contributed by atoms with Gasteiger partial charge < -0.3 is 20.4 Å². The molecule has 148 valence electrons. The Balaban J connectivity index is 1.82. The average Bonchev–Trinajstić information content (AvgIpc) is 3.23. The third kappa shape index (κ3) is 4.75. The predicted octanol–water partition coefficient (Wildman–Crippen LogP) is 2.29. The Kier molecular flexibility index (Phi) is 5.83. The van der Waals surface area contributed by atoms with E-state index in [0.717, 1.165) is 0 Å². The standard InChI is InChI=1S/C19H17N5O5/c20-18(25)7-10-29-17-4-2-1-3-14(17)22-19(26)13-5-6-15(16(11-13)24(27)28)23-9-8-21-12-23/h1-6,8-9,11-12H,7,10H2,(H2,20,25)(H,22,26). The van der Waals surface area contributed by atoms with Crippen LogP contribution in [0.15, 0.2) is 61.2 Å². The number of carbonyl (C=O) groups is 2. The fourth-order valence-corrected chi connectivity index (χ4v) is 2.58. The summed E-state index contributed by atoms with van der Waals surface area (Å²) in [5.41, 5.74) is 5.61. The van der Waals surface area contributed by atoms with Gasteiger partial charge in [-0.25, -0.2) is 4.98 Å². The number of carbonyl (C=O) groups excluding carboxylic acids is 2. The van der Waals surface area contributed by atoms with E-state index in [1.165, 1.54) is 35.3 Å². The van der Waals surface area contributed by atoms with Gasteiger partial charge in [0.1, 0.15) is 11.4 Å². The summed E-state index contributed by atoms with van der Waals surface area (Å²) in [5, 5.41) is 14.1. The molecule has 0 saturated heterocycles. The number of hydrogen-bond acceptors (Lipinski definition) is 6. The molecule has 0 aliphatic carbocycles. The number of nitrogens with zero attached hydrogens (tertiary/aromatic N) is 3. The van der Waals surface area contributed by atoms with Gasteiger partial charge in [-0.2, -0.15) is 0 Å². The second kappa shape index (κ2) is 8.65. The highest BCUT2D eigenvalue weighted by Crippen LogP contribution is 2.27. The van der Waals surface area contributed by atoms with Crippen molar-refractivity contribution in [2.24, 2.45) is 5.73 Å². The van der Waals surface area contributed by atoms with Gasteiger partial charge in [0.05, 0.1) is 30.0 Å². The largest absolute Gasteiger partial charge is 0.491 e. The zero-order chi connectivity index (χ0) is 20.8. The minimum atomic E-state index is -0.562. The van der Waals surface area contributed by atoms with Crippen LogP contribution in [0.2, 0.25) is 0 Å². The molecular formula is C19H17N5O5. The topological polar surface area (TPSA) is 142 Å². The Morgan fingerprint density at radius 1 is 1.24 bits per heavy atom. The van der Waals surface area contributed by atoms with E-state index in [2.05, 4.69) is 10.3 Å². The lowest BCUT2D eigenvalue weighted by atomic mass is 10.1. The van der Waals surface area contributed by atoms with Crippen LogP contribution in [0.25, 0.3) is 5.69 Å². The number of imidazole rings is 1. The van der Waals surface area contributed by atoms with Gasteiger partial charge in [0.2, 0.25) is 5.91 Å². The maximum absolute atomic E-state index is 12.6. The Morgan fingerprint density at radius 3 is 2.72 bits per heavy atom. The third-order valence-electron chi connectivity index (χ3n) is 3.96. The Labute approximate surface area is 165 Å². The molecule has 0 unspecified atom stereocenters. The SMILES string of the molecule is NC(=O)CCOc1ccccc1NC(=O)c1ccc(-n2ccnc2)c([N+](=O)[O-])c1. The van der Waals surface area contributed by atoms with Gasteiger partial charge in [-0.3, -0.25) is 19.7 Å². The van der Waals surface area contributed by atoms with Gasteiger partial charge in [0.15, 0.2) is 0 Å². The first-order valence-electron chi connectivity index (χ1n) is 8.54. The van der Waals surface area contributed by atoms with Gasteiger partial charge in [0, 0.05) is 24.0 Å². The zero-order valence-electron chi connectivity index (χ0n) is 15.1. The summed E-state index contributed by atoms with van der Waals surface area (Å²) in [4.78, 5) is 38.3. The molecule has 29 heavy (non-hydrogen) atoms. The Hall–Kier alpha value is -4.21. The molecule has 10 heteroatoms. The molecule has 3 aromatic rings. The molecule has 0 spiro atoms. The van der Waals surface area contributed by atoms with E-state index in [-0.39, 0.29) is 24.3 Å². The highest BCUT2D eigenvalue weighted by molar-refractivity contribution is 6.05. The molecule has 0 atom stereocenters. The molecule has 0 radical (unpaired) electrons. The van der Waals surface area contributed by atoms with Crippen molar-refractivity contribution in [2.45, 2.75) is 6.42 Å². The molecule has 3 N–H and O–H groups in total. The second-order valence-corrected chi connectivity index (χ2v) is 5.95. The molecule has 3 rings (SSSR count). The lowest BCUT2D eigenvalue weighted by molar-refractivity contribution is -0.384. The Morgan fingerprint density at radius 2 is 2.03 bits per heavy atom. The van der Waals surface area contributed by atoms with E-state index in [0.29, 0.717) is 17.1 Å². The van der Waals surface area contributed by atoms with Crippen molar-refractivity contribution >= 4 is 23.2 Å². The minimum Gasteiger partial charge on any atom is -0.491 e. The van der Waals surface area contributed by atoms with Crippen LogP contribution in [0, 0.1) is 10.1 Å². The molecule has 0 saturated carbocycles. The number of amides is 2. The maximum atomic E-state index is 12.6. The van der Waals surface area contributed by atoms with Crippen LogP contribution in [0.1, 0.15) is 16.8 Å². The number of nitro groups is 1. The molecule has 1 heterocycles. The van der Waals surface area contributed by atoms with Crippen molar-refractivity contribution < 1.29 is 19.2 Å². The number of ether oxygens (including phenoxy) is 1. The first kappa shape index (κ1) is 19.5. The van der Waals surface area contributed by atoms with E-state index in [1.807, 2.05) is 0 Å². The van der Waals surface area contributed by atoms with E-state index < -0.39 is 16.7 Å². The van der Waals surface area contributed by atoms with Gasteiger partial charge in [-0.1, -0.05) is 12.1 Å². The molecule has 0 aliphatic rings. The Bertz CT molecular complexity index is 1050. The van der Waals surface area contributed by atoms with E-state index in [4.69, 9.17) is 10.5 Å². The molecule has 10 nitrogen and oxygen atoms in total. The fourth-order valence-electron chi connectivity index (χ4n) is 2.58. The van der Waals surface area contributed by atoms with Crippen LogP contribution >= 0.6 is 0 Å². The summed E-state index contributed by atoms with van der Waals surface area (Å²) in [7, 11) is 0. The number of benzene rings is 2. The average molecular weight is 395 g/mol. The van der Waals surface area contributed by atoms with Crippen LogP contribution < -0.4 is 15.8 Å². The summed E-state index contributed by atoms with van der Waals surface area (Å²) < 4.78 is 6.97. The maximum Gasteiger partial charge on any atom is 0.294 e. The van der Waals surface area contributed by atoms with Crippen molar-refractivity contribution in [1.82, 2.24) is 9.55 Å². The lowest BCUT2D eigenvalue weighted by Gasteiger charge is -2.12. The summed E-state index contributed by atoms with van der Waals surface area (Å²) in [5.74, 6) is -0.695. The highest BCUT2D eigenvalue weighted by atomic mass is 16.6. The summed E-state index contributed by atoms with van der Waals surface area (Å²) in [6.07, 6.45) is 4.53. The lowest BCUT2D eigenvalue weighted by Crippen LogP contribution is -2.16. The van der Waals surface area contributed by atoms with E-state index >= 15 is 0 Å². The number of nitrogens with two attached hydrogens (primary N) is 1. The second-order valence-electron chi connectivity index (χ2n) is 5.95. The number of primary amides is 1. The summed E-state index contributed by atoms with van der Waals surface area (Å²) >= 11 is 0. The number of rotatable bonds is 8. The number of nitro benzene ring substituents is 1. The fraction of sp³-hybridized carbons (Fsp3) is 0.105. The van der Waals surface area contributed by atoms with Crippen LogP contribution in [0.3, 0.4) is 0 Å². The zero-order valence-corrected chi connectivity index (χ0v) is 15.1. The number of hydrogen-bond donors (Lipinski definition) is 2. The van der Waals surface area contributed by atoms with Crippen LogP contribution in [-0.2, 0) is 4.79 Å².